The van der Waals surface area contributed by atoms with Crippen molar-refractivity contribution in [2.45, 2.75) is 37.9 Å². The number of benzene rings is 1. The first-order valence-corrected chi connectivity index (χ1v) is 7.48. The molecule has 0 bridgehead atoms. The molecule has 1 atom stereocenters. The second kappa shape index (κ2) is 6.04. The maximum Gasteiger partial charge on any atom is 0.0445 e. The molecule has 104 valence electrons. The number of rotatable bonds is 7. The maximum atomic E-state index is 9.19. The summed E-state index contributed by atoms with van der Waals surface area (Å²) in [6.45, 7) is 3.70. The Balaban J connectivity index is 1.45. The molecule has 3 nitrogen and oxygen atoms in total. The van der Waals surface area contributed by atoms with E-state index in [9.17, 15) is 5.11 Å². The van der Waals surface area contributed by atoms with E-state index in [0.717, 1.165) is 24.9 Å². The fourth-order valence-corrected chi connectivity index (χ4v) is 2.98. The second-order valence-electron chi connectivity index (χ2n) is 6.00. The van der Waals surface area contributed by atoms with E-state index in [1.165, 1.54) is 31.5 Å². The largest absolute Gasteiger partial charge is 0.396 e. The normalized spacial score (nSPS) is 22.2. The van der Waals surface area contributed by atoms with E-state index in [1.54, 1.807) is 0 Å². The summed E-state index contributed by atoms with van der Waals surface area (Å²) in [7, 11) is 0. The van der Waals surface area contributed by atoms with E-state index in [2.05, 4.69) is 40.5 Å². The molecule has 3 rings (SSSR count). The van der Waals surface area contributed by atoms with Crippen LogP contribution in [0.5, 0.6) is 0 Å². The molecule has 0 amide bonds. The molecule has 1 aromatic carbocycles. The highest BCUT2D eigenvalue weighted by Gasteiger charge is 2.35. The standard InChI is InChI=1S/C16H24N2O/c19-9-8-16(17-15-6-7-15)14-11-18(12-14)10-13-4-2-1-3-5-13/h1-5,14-17,19H,6-12H2/t16-/m0/s1. The molecular formula is C16H24N2O. The van der Waals surface area contributed by atoms with Crippen molar-refractivity contribution in [1.29, 1.82) is 0 Å². The molecule has 1 aromatic rings. The lowest BCUT2D eigenvalue weighted by molar-refractivity contribution is 0.0556. The highest BCUT2D eigenvalue weighted by atomic mass is 16.3. The molecule has 2 aliphatic rings. The molecule has 0 aromatic heterocycles. The minimum atomic E-state index is 0.305. The summed E-state index contributed by atoms with van der Waals surface area (Å²) >= 11 is 0. The van der Waals surface area contributed by atoms with Gasteiger partial charge in [0.2, 0.25) is 0 Å². The lowest BCUT2D eigenvalue weighted by Gasteiger charge is -2.44. The number of hydrogen-bond acceptors (Lipinski definition) is 3. The monoisotopic (exact) mass is 260 g/mol. The Kier molecular flexibility index (Phi) is 4.16. The van der Waals surface area contributed by atoms with E-state index in [0.29, 0.717) is 12.6 Å². The Morgan fingerprint density at radius 1 is 1.21 bits per heavy atom. The van der Waals surface area contributed by atoms with E-state index in [4.69, 9.17) is 0 Å². The third-order valence-electron chi connectivity index (χ3n) is 4.27. The van der Waals surface area contributed by atoms with Gasteiger partial charge in [-0.25, -0.2) is 0 Å². The quantitative estimate of drug-likeness (QED) is 0.782. The molecule has 2 N–H and O–H groups in total. The zero-order chi connectivity index (χ0) is 13.1. The Morgan fingerprint density at radius 2 is 1.95 bits per heavy atom. The van der Waals surface area contributed by atoms with Crippen LogP contribution in [0, 0.1) is 5.92 Å². The van der Waals surface area contributed by atoms with Gasteiger partial charge in [-0.1, -0.05) is 30.3 Å². The van der Waals surface area contributed by atoms with Crippen LogP contribution in [0.1, 0.15) is 24.8 Å². The molecule has 1 heterocycles. The van der Waals surface area contributed by atoms with Crippen LogP contribution in [0.3, 0.4) is 0 Å². The summed E-state index contributed by atoms with van der Waals surface area (Å²) in [6.07, 6.45) is 3.55. The van der Waals surface area contributed by atoms with Crippen LogP contribution in [-0.4, -0.2) is 41.8 Å². The predicted octanol–water partition coefficient (Wildman–Crippen LogP) is 1.62. The van der Waals surface area contributed by atoms with Crippen molar-refractivity contribution in [1.82, 2.24) is 10.2 Å². The third-order valence-corrected chi connectivity index (χ3v) is 4.27. The fraction of sp³-hybridized carbons (Fsp3) is 0.625. The van der Waals surface area contributed by atoms with Crippen molar-refractivity contribution in [2.75, 3.05) is 19.7 Å². The second-order valence-corrected chi connectivity index (χ2v) is 6.00. The average Bonchev–Trinajstić information content (AvgIpc) is 3.18. The van der Waals surface area contributed by atoms with Crippen LogP contribution in [0.4, 0.5) is 0 Å². The van der Waals surface area contributed by atoms with Crippen LogP contribution in [0.2, 0.25) is 0 Å². The molecule has 0 radical (unpaired) electrons. The van der Waals surface area contributed by atoms with Crippen LogP contribution in [0.25, 0.3) is 0 Å². The van der Waals surface area contributed by atoms with Gasteiger partial charge in [0.05, 0.1) is 0 Å². The zero-order valence-corrected chi connectivity index (χ0v) is 11.5. The van der Waals surface area contributed by atoms with Crippen molar-refractivity contribution >= 4 is 0 Å². The van der Waals surface area contributed by atoms with Crippen molar-refractivity contribution < 1.29 is 5.11 Å². The van der Waals surface area contributed by atoms with Gasteiger partial charge >= 0.3 is 0 Å². The van der Waals surface area contributed by atoms with Crippen molar-refractivity contribution in [3.63, 3.8) is 0 Å². The topological polar surface area (TPSA) is 35.5 Å². The fourth-order valence-electron chi connectivity index (χ4n) is 2.98. The van der Waals surface area contributed by atoms with Gasteiger partial charge in [0.15, 0.2) is 0 Å². The van der Waals surface area contributed by atoms with Gasteiger partial charge in [-0.3, -0.25) is 4.90 Å². The van der Waals surface area contributed by atoms with Crippen LogP contribution < -0.4 is 5.32 Å². The Labute approximate surface area is 115 Å². The summed E-state index contributed by atoms with van der Waals surface area (Å²) in [6, 6.07) is 11.9. The SMILES string of the molecule is OCC[C@H](NC1CC1)C1CN(Cc2ccccc2)C1. The van der Waals surface area contributed by atoms with Gasteiger partial charge in [0.25, 0.3) is 0 Å². The number of nitrogens with zero attached hydrogens (tertiary/aromatic N) is 1. The maximum absolute atomic E-state index is 9.19. The van der Waals surface area contributed by atoms with Crippen LogP contribution >= 0.6 is 0 Å². The number of nitrogens with one attached hydrogen (secondary N) is 1. The molecule has 2 fully saturated rings. The molecule has 1 saturated heterocycles. The summed E-state index contributed by atoms with van der Waals surface area (Å²) in [4.78, 5) is 2.50. The number of hydrogen-bond donors (Lipinski definition) is 2. The van der Waals surface area contributed by atoms with E-state index in [1.807, 2.05) is 0 Å². The van der Waals surface area contributed by atoms with Crippen molar-refractivity contribution in [3.05, 3.63) is 35.9 Å². The predicted molar refractivity (Wildman–Crippen MR) is 76.9 cm³/mol. The van der Waals surface area contributed by atoms with Gasteiger partial charge < -0.3 is 10.4 Å². The zero-order valence-electron chi connectivity index (χ0n) is 11.5. The average molecular weight is 260 g/mol. The molecule has 19 heavy (non-hydrogen) atoms. The Morgan fingerprint density at radius 3 is 2.58 bits per heavy atom. The Bertz CT molecular complexity index is 385. The number of likely N-dealkylation sites (tertiary alicyclic amines) is 1. The lowest BCUT2D eigenvalue weighted by atomic mass is 9.89. The van der Waals surface area contributed by atoms with Gasteiger partial charge in [-0.2, -0.15) is 0 Å². The van der Waals surface area contributed by atoms with Crippen molar-refractivity contribution in [3.8, 4) is 0 Å². The van der Waals surface area contributed by atoms with Gasteiger partial charge in [0.1, 0.15) is 0 Å². The van der Waals surface area contributed by atoms with Crippen molar-refractivity contribution in [2.24, 2.45) is 5.92 Å². The minimum absolute atomic E-state index is 0.305. The molecule has 0 spiro atoms. The number of aliphatic hydroxyl groups is 1. The van der Waals surface area contributed by atoms with E-state index < -0.39 is 0 Å². The van der Waals surface area contributed by atoms with E-state index >= 15 is 0 Å². The van der Waals surface area contributed by atoms with E-state index in [-0.39, 0.29) is 0 Å². The molecule has 1 saturated carbocycles. The number of aliphatic hydroxyl groups excluding tert-OH is 1. The summed E-state index contributed by atoms with van der Waals surface area (Å²) in [5.74, 6) is 0.719. The first-order valence-electron chi connectivity index (χ1n) is 7.48. The summed E-state index contributed by atoms with van der Waals surface area (Å²) < 4.78 is 0. The molecule has 3 heteroatoms. The van der Waals surface area contributed by atoms with Gasteiger partial charge in [-0.05, 0) is 30.7 Å². The summed E-state index contributed by atoms with van der Waals surface area (Å²) in [5, 5.41) is 12.9. The first-order chi connectivity index (χ1) is 9.35. The molecule has 0 unspecified atom stereocenters. The first kappa shape index (κ1) is 13.1. The molecular weight excluding hydrogens is 236 g/mol. The smallest absolute Gasteiger partial charge is 0.0445 e. The lowest BCUT2D eigenvalue weighted by Crippen LogP contribution is -2.55. The van der Waals surface area contributed by atoms with Gasteiger partial charge in [-0.15, -0.1) is 0 Å². The molecule has 1 aliphatic heterocycles. The Hall–Kier alpha value is -0.900. The van der Waals surface area contributed by atoms with Crippen LogP contribution in [-0.2, 0) is 6.54 Å². The highest BCUT2D eigenvalue weighted by Crippen LogP contribution is 2.27. The molecule has 1 aliphatic carbocycles. The third kappa shape index (κ3) is 3.56. The van der Waals surface area contributed by atoms with Gasteiger partial charge in [0, 0.05) is 38.3 Å². The van der Waals surface area contributed by atoms with Crippen LogP contribution in [0.15, 0.2) is 30.3 Å². The highest BCUT2D eigenvalue weighted by molar-refractivity contribution is 5.15. The minimum Gasteiger partial charge on any atom is -0.396 e. The summed E-state index contributed by atoms with van der Waals surface area (Å²) in [5.41, 5.74) is 1.40.